The Hall–Kier alpha value is -3.25. The van der Waals surface area contributed by atoms with Gasteiger partial charge in [-0.3, -0.25) is 4.79 Å². The number of nitrogens with one attached hydrogen (secondary N) is 1. The molecule has 0 saturated heterocycles. The van der Waals surface area contributed by atoms with E-state index in [4.69, 9.17) is 19.5 Å². The molecule has 2 rings (SSSR count). The van der Waals surface area contributed by atoms with E-state index in [1.807, 2.05) is 6.07 Å². The van der Waals surface area contributed by atoms with Crippen molar-refractivity contribution in [2.45, 2.75) is 12.6 Å². The Morgan fingerprint density at radius 1 is 1.10 bits per heavy atom. The number of halogens is 3. The molecule has 0 aromatic heterocycles. The third-order valence-corrected chi connectivity index (χ3v) is 3.70. The number of nitrogens with zero attached hydrogens (tertiary/aromatic N) is 1. The topological polar surface area (TPSA) is 80.6 Å². The van der Waals surface area contributed by atoms with Gasteiger partial charge >= 0.3 is 6.18 Å². The van der Waals surface area contributed by atoms with Crippen molar-refractivity contribution >= 4 is 11.6 Å². The molecule has 0 aliphatic rings. The van der Waals surface area contributed by atoms with E-state index in [0.29, 0.717) is 5.75 Å². The standard InChI is InChI=1S/C20H19F3N2O4/c1-27-10-11-28-18-7-4-15(20(21,22)23)12-17(18)25-19(26)13-29-16-5-2-14(3-6-16)8-9-24/h2-7,12H,8,10-11,13H2,1H3,(H,25,26). The van der Waals surface area contributed by atoms with Gasteiger partial charge in [0.25, 0.3) is 5.91 Å². The number of alkyl halides is 3. The third-order valence-electron chi connectivity index (χ3n) is 3.70. The van der Waals surface area contributed by atoms with Crippen molar-refractivity contribution in [3.05, 3.63) is 53.6 Å². The van der Waals surface area contributed by atoms with Gasteiger partial charge in [-0.05, 0) is 35.9 Å². The largest absolute Gasteiger partial charge is 0.489 e. The van der Waals surface area contributed by atoms with Gasteiger partial charge < -0.3 is 19.5 Å². The van der Waals surface area contributed by atoms with E-state index in [2.05, 4.69) is 5.32 Å². The first-order valence-electron chi connectivity index (χ1n) is 8.55. The summed E-state index contributed by atoms with van der Waals surface area (Å²) in [6, 6.07) is 11.4. The van der Waals surface area contributed by atoms with Gasteiger partial charge in [0, 0.05) is 7.11 Å². The molecule has 0 bridgehead atoms. The Labute approximate surface area is 165 Å². The quantitative estimate of drug-likeness (QED) is 0.638. The number of rotatable bonds is 9. The molecular formula is C20H19F3N2O4. The van der Waals surface area contributed by atoms with Crippen LogP contribution in [0.3, 0.4) is 0 Å². The smallest absolute Gasteiger partial charge is 0.416 e. The molecular weight excluding hydrogens is 389 g/mol. The molecule has 2 aromatic rings. The van der Waals surface area contributed by atoms with Crippen molar-refractivity contribution in [3.8, 4) is 17.6 Å². The number of carbonyl (C=O) groups excluding carboxylic acids is 1. The molecule has 9 heteroatoms. The summed E-state index contributed by atoms with van der Waals surface area (Å²) in [6.45, 7) is -0.0685. The van der Waals surface area contributed by atoms with Crippen LogP contribution in [0.15, 0.2) is 42.5 Å². The van der Waals surface area contributed by atoms with Crippen molar-refractivity contribution < 1.29 is 32.2 Å². The van der Waals surface area contributed by atoms with Crippen molar-refractivity contribution in [2.75, 3.05) is 32.2 Å². The molecule has 29 heavy (non-hydrogen) atoms. The number of amides is 1. The molecule has 0 fully saturated rings. The summed E-state index contributed by atoms with van der Waals surface area (Å²) in [5, 5.41) is 11.0. The molecule has 0 spiro atoms. The van der Waals surface area contributed by atoms with E-state index >= 15 is 0 Å². The number of benzene rings is 2. The second-order valence-electron chi connectivity index (χ2n) is 5.87. The molecule has 2 aromatic carbocycles. The van der Waals surface area contributed by atoms with Crippen LogP contribution < -0.4 is 14.8 Å². The van der Waals surface area contributed by atoms with Gasteiger partial charge in [-0.25, -0.2) is 0 Å². The average Bonchev–Trinajstić information content (AvgIpc) is 2.68. The first kappa shape index (κ1) is 22.0. The van der Waals surface area contributed by atoms with E-state index in [1.54, 1.807) is 24.3 Å². The maximum absolute atomic E-state index is 13.0. The minimum absolute atomic E-state index is 0.0873. The van der Waals surface area contributed by atoms with Crippen molar-refractivity contribution in [3.63, 3.8) is 0 Å². The SMILES string of the molecule is COCCOc1ccc(C(F)(F)F)cc1NC(=O)COc1ccc(CC#N)cc1. The van der Waals surface area contributed by atoms with Crippen LogP contribution in [0.2, 0.25) is 0 Å². The Balaban J connectivity index is 2.05. The summed E-state index contributed by atoms with van der Waals surface area (Å²) in [7, 11) is 1.46. The first-order chi connectivity index (χ1) is 13.8. The van der Waals surface area contributed by atoms with Gasteiger partial charge in [-0.15, -0.1) is 0 Å². The predicted octanol–water partition coefficient (Wildman–Crippen LogP) is 3.81. The molecule has 1 amide bonds. The Bertz CT molecular complexity index is 862. The summed E-state index contributed by atoms with van der Waals surface area (Å²) in [4.78, 5) is 12.2. The number of ether oxygens (including phenoxy) is 3. The maximum Gasteiger partial charge on any atom is 0.416 e. The molecule has 0 radical (unpaired) electrons. The van der Waals surface area contributed by atoms with E-state index in [9.17, 15) is 18.0 Å². The molecule has 0 saturated carbocycles. The summed E-state index contributed by atoms with van der Waals surface area (Å²) < 4.78 is 54.5. The van der Waals surface area contributed by atoms with Crippen molar-refractivity contribution in [2.24, 2.45) is 0 Å². The number of methoxy groups -OCH3 is 1. The van der Waals surface area contributed by atoms with Crippen molar-refractivity contribution in [1.29, 1.82) is 5.26 Å². The lowest BCUT2D eigenvalue weighted by Crippen LogP contribution is -2.21. The highest BCUT2D eigenvalue weighted by Gasteiger charge is 2.31. The second-order valence-corrected chi connectivity index (χ2v) is 5.87. The van der Waals surface area contributed by atoms with Gasteiger partial charge in [-0.2, -0.15) is 18.4 Å². The molecule has 154 valence electrons. The van der Waals surface area contributed by atoms with Gasteiger partial charge in [0.15, 0.2) is 6.61 Å². The predicted molar refractivity (Wildman–Crippen MR) is 98.7 cm³/mol. The second kappa shape index (κ2) is 10.3. The van der Waals surface area contributed by atoms with Crippen LogP contribution in [0, 0.1) is 11.3 Å². The molecule has 0 aliphatic heterocycles. The molecule has 0 unspecified atom stereocenters. The fraction of sp³-hybridized carbons (Fsp3) is 0.300. The number of anilines is 1. The van der Waals surface area contributed by atoms with Crippen LogP contribution in [0.1, 0.15) is 11.1 Å². The highest BCUT2D eigenvalue weighted by Crippen LogP contribution is 2.35. The monoisotopic (exact) mass is 408 g/mol. The molecule has 0 heterocycles. The van der Waals surface area contributed by atoms with E-state index in [1.165, 1.54) is 7.11 Å². The summed E-state index contributed by atoms with van der Waals surface area (Å²) in [6.07, 6.45) is -4.31. The summed E-state index contributed by atoms with van der Waals surface area (Å²) in [5.41, 5.74) is -0.235. The average molecular weight is 408 g/mol. The van der Waals surface area contributed by atoms with Crippen LogP contribution in [-0.2, 0) is 22.1 Å². The zero-order chi connectivity index (χ0) is 21.3. The fourth-order valence-electron chi connectivity index (χ4n) is 2.29. The Morgan fingerprint density at radius 2 is 1.83 bits per heavy atom. The van der Waals surface area contributed by atoms with Gasteiger partial charge in [-0.1, -0.05) is 12.1 Å². The first-order valence-corrected chi connectivity index (χ1v) is 8.55. The summed E-state index contributed by atoms with van der Waals surface area (Å²) >= 11 is 0. The van der Waals surface area contributed by atoms with Gasteiger partial charge in [0.2, 0.25) is 0 Å². The maximum atomic E-state index is 13.0. The normalized spacial score (nSPS) is 10.9. The summed E-state index contributed by atoms with van der Waals surface area (Å²) in [5.74, 6) is -0.172. The Kier molecular flexibility index (Phi) is 7.86. The highest BCUT2D eigenvalue weighted by molar-refractivity contribution is 5.93. The van der Waals surface area contributed by atoms with E-state index in [0.717, 1.165) is 23.8 Å². The lowest BCUT2D eigenvalue weighted by Gasteiger charge is -2.15. The molecule has 0 aliphatic carbocycles. The molecule has 1 N–H and O–H groups in total. The lowest BCUT2D eigenvalue weighted by atomic mass is 10.1. The molecule has 0 atom stereocenters. The van der Waals surface area contributed by atoms with Crippen molar-refractivity contribution in [1.82, 2.24) is 0 Å². The minimum atomic E-state index is -4.56. The van der Waals surface area contributed by atoms with Crippen LogP contribution in [-0.4, -0.2) is 32.8 Å². The van der Waals surface area contributed by atoms with Crippen LogP contribution in [0.5, 0.6) is 11.5 Å². The van der Waals surface area contributed by atoms with E-state index < -0.39 is 24.3 Å². The molecule has 6 nitrogen and oxygen atoms in total. The van der Waals surface area contributed by atoms with Crippen LogP contribution in [0.4, 0.5) is 18.9 Å². The van der Waals surface area contributed by atoms with Gasteiger partial charge in [0.1, 0.15) is 18.1 Å². The van der Waals surface area contributed by atoms with Gasteiger partial charge in [0.05, 0.1) is 30.3 Å². The van der Waals surface area contributed by atoms with Crippen LogP contribution >= 0.6 is 0 Å². The number of nitriles is 1. The number of hydrogen-bond donors (Lipinski definition) is 1. The fourth-order valence-corrected chi connectivity index (χ4v) is 2.29. The number of carbonyl (C=O) groups is 1. The van der Waals surface area contributed by atoms with E-state index in [-0.39, 0.29) is 31.1 Å². The van der Waals surface area contributed by atoms with Crippen LogP contribution in [0.25, 0.3) is 0 Å². The zero-order valence-electron chi connectivity index (χ0n) is 15.6. The lowest BCUT2D eigenvalue weighted by molar-refractivity contribution is -0.137. The Morgan fingerprint density at radius 3 is 2.45 bits per heavy atom. The minimum Gasteiger partial charge on any atom is -0.489 e. The highest BCUT2D eigenvalue weighted by atomic mass is 19.4. The third kappa shape index (κ3) is 7.01. The number of hydrogen-bond acceptors (Lipinski definition) is 5. The zero-order valence-corrected chi connectivity index (χ0v) is 15.6.